The average molecular weight is 279 g/mol. The van der Waals surface area contributed by atoms with Crippen molar-refractivity contribution in [3.8, 4) is 0 Å². The van der Waals surface area contributed by atoms with E-state index in [4.69, 9.17) is 0 Å². The van der Waals surface area contributed by atoms with Crippen molar-refractivity contribution in [1.29, 1.82) is 0 Å². The summed E-state index contributed by atoms with van der Waals surface area (Å²) in [6, 6.07) is 0. The summed E-state index contributed by atoms with van der Waals surface area (Å²) in [5, 5.41) is -0.491. The zero-order valence-corrected chi connectivity index (χ0v) is 12.3. The number of carbonyl (C=O) groups excluding carboxylic acids is 1. The fourth-order valence-corrected chi connectivity index (χ4v) is 4.72. The van der Waals surface area contributed by atoms with Crippen LogP contribution in [0, 0.1) is 5.92 Å². The molecule has 1 heterocycles. The number of nitrogens with zero attached hydrogens (tertiary/aromatic N) is 1. The first kappa shape index (κ1) is 15.0. The van der Waals surface area contributed by atoms with Crippen LogP contribution in [-0.4, -0.2) is 55.3 Å². The van der Waals surface area contributed by atoms with Gasteiger partial charge in [-0.2, -0.15) is 11.8 Å². The van der Waals surface area contributed by atoms with Crippen LogP contribution >= 0.6 is 11.8 Å². The van der Waals surface area contributed by atoms with Gasteiger partial charge in [-0.15, -0.1) is 0 Å². The summed E-state index contributed by atoms with van der Waals surface area (Å²) in [7, 11) is -3.10. The van der Waals surface area contributed by atoms with Crippen molar-refractivity contribution in [2.24, 2.45) is 5.92 Å². The van der Waals surface area contributed by atoms with Gasteiger partial charge in [0.2, 0.25) is 0 Å². The maximum absolute atomic E-state index is 11.9. The zero-order chi connectivity index (χ0) is 13.1. The summed E-state index contributed by atoms with van der Waals surface area (Å²) in [6.45, 7) is 4.83. The summed E-state index contributed by atoms with van der Waals surface area (Å²) < 4.78 is 23.3. The van der Waals surface area contributed by atoms with Crippen molar-refractivity contribution in [2.45, 2.75) is 25.6 Å². The summed E-state index contributed by atoms with van der Waals surface area (Å²) in [6.07, 6.45) is 2.06. The molecule has 2 atom stereocenters. The summed E-state index contributed by atoms with van der Waals surface area (Å²) in [4.78, 5) is 13.7. The minimum absolute atomic E-state index is 0.0183. The molecule has 1 saturated heterocycles. The summed E-state index contributed by atoms with van der Waals surface area (Å²) >= 11 is 1.64. The van der Waals surface area contributed by atoms with Crippen LogP contribution < -0.4 is 0 Å². The fraction of sp³-hybridized carbons (Fsp3) is 0.909. The van der Waals surface area contributed by atoms with Crippen molar-refractivity contribution in [2.75, 3.05) is 30.9 Å². The Morgan fingerprint density at radius 1 is 1.53 bits per heavy atom. The second-order valence-corrected chi connectivity index (χ2v) is 7.96. The van der Waals surface area contributed by atoms with Crippen molar-refractivity contribution in [3.63, 3.8) is 0 Å². The number of rotatable bonds is 5. The van der Waals surface area contributed by atoms with E-state index in [1.807, 2.05) is 18.7 Å². The Hall–Kier alpha value is -0.0700. The van der Waals surface area contributed by atoms with E-state index in [-0.39, 0.29) is 18.2 Å². The van der Waals surface area contributed by atoms with Crippen molar-refractivity contribution in [3.05, 3.63) is 0 Å². The minimum Gasteiger partial charge on any atom is -0.298 e. The van der Waals surface area contributed by atoms with E-state index in [1.165, 1.54) is 6.26 Å². The molecule has 0 bridgehead atoms. The first-order valence-electron chi connectivity index (χ1n) is 5.89. The van der Waals surface area contributed by atoms with Gasteiger partial charge in [0, 0.05) is 30.2 Å². The third kappa shape index (κ3) is 4.26. The van der Waals surface area contributed by atoms with Crippen LogP contribution in [0.1, 0.15) is 20.3 Å². The number of hydrogen-bond acceptors (Lipinski definition) is 5. The number of carbonyl (C=O) groups is 1. The van der Waals surface area contributed by atoms with E-state index in [0.29, 0.717) is 12.3 Å². The van der Waals surface area contributed by atoms with Gasteiger partial charge >= 0.3 is 0 Å². The van der Waals surface area contributed by atoms with Gasteiger partial charge in [0.25, 0.3) is 0 Å². The first-order chi connectivity index (χ1) is 7.86. The van der Waals surface area contributed by atoms with Crippen molar-refractivity contribution in [1.82, 2.24) is 4.90 Å². The topological polar surface area (TPSA) is 54.5 Å². The lowest BCUT2D eigenvalue weighted by Crippen LogP contribution is -2.49. The predicted octanol–water partition coefficient (Wildman–Crippen LogP) is 1.02. The van der Waals surface area contributed by atoms with Gasteiger partial charge in [-0.1, -0.05) is 13.8 Å². The van der Waals surface area contributed by atoms with E-state index < -0.39 is 15.2 Å². The van der Waals surface area contributed by atoms with Crippen LogP contribution in [0.15, 0.2) is 0 Å². The summed E-state index contributed by atoms with van der Waals surface area (Å²) in [5.41, 5.74) is 0. The molecule has 1 rings (SSSR count). The molecule has 6 heteroatoms. The highest BCUT2D eigenvalue weighted by molar-refractivity contribution is 8.00. The molecule has 0 aromatic heterocycles. The molecule has 0 saturated carbocycles. The second-order valence-electron chi connectivity index (χ2n) is 4.61. The smallest absolute Gasteiger partial charge is 0.164 e. The maximum atomic E-state index is 11.9. The fourth-order valence-electron chi connectivity index (χ4n) is 1.77. The van der Waals surface area contributed by atoms with Gasteiger partial charge < -0.3 is 0 Å². The Bertz CT molecular complexity index is 367. The Labute approximate surface area is 108 Å². The zero-order valence-electron chi connectivity index (χ0n) is 10.7. The van der Waals surface area contributed by atoms with Crippen LogP contribution in [0.4, 0.5) is 0 Å². The van der Waals surface area contributed by atoms with E-state index in [9.17, 15) is 13.2 Å². The highest BCUT2D eigenvalue weighted by Gasteiger charge is 2.32. The lowest BCUT2D eigenvalue weighted by atomic mass is 10.0. The molecule has 1 aliphatic heterocycles. The number of hydrogen-bond donors (Lipinski definition) is 0. The molecule has 0 spiro atoms. The molecule has 1 aliphatic rings. The predicted molar refractivity (Wildman–Crippen MR) is 72.0 cm³/mol. The van der Waals surface area contributed by atoms with Gasteiger partial charge in [-0.25, -0.2) is 8.42 Å². The largest absolute Gasteiger partial charge is 0.298 e. The van der Waals surface area contributed by atoms with E-state index in [2.05, 4.69) is 0 Å². The monoisotopic (exact) mass is 279 g/mol. The second kappa shape index (κ2) is 6.20. The number of Topliss-reactive ketones (excluding diaryl/α,β-unsaturated/α-hetero) is 1. The lowest BCUT2D eigenvalue weighted by molar-refractivity contribution is -0.123. The van der Waals surface area contributed by atoms with Crippen LogP contribution in [0.5, 0.6) is 0 Å². The van der Waals surface area contributed by atoms with Gasteiger partial charge in [-0.3, -0.25) is 9.69 Å². The van der Waals surface area contributed by atoms with Crippen molar-refractivity contribution < 1.29 is 13.2 Å². The van der Waals surface area contributed by atoms with E-state index in [0.717, 1.165) is 12.2 Å². The SMILES string of the molecule is CCC(C)C(=O)CN1CCSCC1S(C)(=O)=O. The molecule has 0 aliphatic carbocycles. The van der Waals surface area contributed by atoms with E-state index >= 15 is 0 Å². The molecule has 1 fully saturated rings. The van der Waals surface area contributed by atoms with Gasteiger partial charge in [0.1, 0.15) is 11.2 Å². The Morgan fingerprint density at radius 2 is 2.18 bits per heavy atom. The molecule has 0 amide bonds. The van der Waals surface area contributed by atoms with Crippen LogP contribution in [0.25, 0.3) is 0 Å². The number of ketones is 1. The molecule has 0 aromatic rings. The van der Waals surface area contributed by atoms with Crippen LogP contribution in [0.3, 0.4) is 0 Å². The highest BCUT2D eigenvalue weighted by Crippen LogP contribution is 2.20. The Kier molecular flexibility index (Phi) is 5.47. The quantitative estimate of drug-likeness (QED) is 0.752. The molecule has 0 N–H and O–H groups in total. The van der Waals surface area contributed by atoms with Gasteiger partial charge in [-0.05, 0) is 6.42 Å². The van der Waals surface area contributed by atoms with Crippen LogP contribution in [0.2, 0.25) is 0 Å². The Morgan fingerprint density at radius 3 is 2.71 bits per heavy atom. The van der Waals surface area contributed by atoms with Gasteiger partial charge in [0.15, 0.2) is 9.84 Å². The molecule has 100 valence electrons. The highest BCUT2D eigenvalue weighted by atomic mass is 32.2. The third-order valence-corrected chi connectivity index (χ3v) is 5.89. The first-order valence-corrected chi connectivity index (χ1v) is 9.00. The maximum Gasteiger partial charge on any atom is 0.164 e. The molecule has 0 aromatic carbocycles. The molecule has 2 unspecified atom stereocenters. The van der Waals surface area contributed by atoms with Crippen LogP contribution in [-0.2, 0) is 14.6 Å². The van der Waals surface area contributed by atoms with Crippen molar-refractivity contribution >= 4 is 27.4 Å². The summed E-state index contributed by atoms with van der Waals surface area (Å²) in [5.74, 6) is 1.64. The molecule has 4 nitrogen and oxygen atoms in total. The lowest BCUT2D eigenvalue weighted by Gasteiger charge is -2.33. The van der Waals surface area contributed by atoms with E-state index in [1.54, 1.807) is 11.8 Å². The number of thioether (sulfide) groups is 1. The number of sulfone groups is 1. The molecule has 0 radical (unpaired) electrons. The molecular weight excluding hydrogens is 258 g/mol. The normalized spacial score (nSPS) is 24.5. The standard InChI is InChI=1S/C11H21NO3S2/c1-4-9(2)10(13)7-12-5-6-16-8-11(12)17(3,14)15/h9,11H,4-8H2,1-3H3. The molecule has 17 heavy (non-hydrogen) atoms. The molecular formula is C11H21NO3S2. The third-order valence-electron chi connectivity index (χ3n) is 3.21. The minimum atomic E-state index is -3.10. The average Bonchev–Trinajstić information content (AvgIpc) is 2.27. The Balaban J connectivity index is 2.70. The van der Waals surface area contributed by atoms with Gasteiger partial charge in [0.05, 0.1) is 6.54 Å².